The maximum absolute atomic E-state index is 13.6. The van der Waals surface area contributed by atoms with Crippen LogP contribution in [0.1, 0.15) is 24.8 Å². The summed E-state index contributed by atoms with van der Waals surface area (Å²) in [5.74, 6) is 0.989. The Kier molecular flexibility index (Phi) is 5.74. The third-order valence-electron chi connectivity index (χ3n) is 6.66. The molecule has 184 valence electrons. The maximum atomic E-state index is 13.6. The molecule has 0 spiro atoms. The predicted molar refractivity (Wildman–Crippen MR) is 134 cm³/mol. The van der Waals surface area contributed by atoms with Crippen LogP contribution in [0.5, 0.6) is 5.75 Å². The Morgan fingerprint density at radius 1 is 1.14 bits per heavy atom. The molecule has 1 saturated carbocycles. The molecule has 36 heavy (non-hydrogen) atoms. The normalized spacial score (nSPS) is 20.1. The quantitative estimate of drug-likeness (QED) is 0.335. The molecule has 0 unspecified atom stereocenters. The zero-order valence-corrected chi connectivity index (χ0v) is 19.5. The summed E-state index contributed by atoms with van der Waals surface area (Å²) in [6.45, 7) is 0.478. The number of ether oxygens (including phenoxy) is 1. The Hall–Kier alpha value is -4.02. The van der Waals surface area contributed by atoms with Crippen LogP contribution in [0.2, 0.25) is 0 Å². The van der Waals surface area contributed by atoms with Crippen molar-refractivity contribution in [2.24, 2.45) is 5.73 Å². The van der Waals surface area contributed by atoms with Gasteiger partial charge in [-0.3, -0.25) is 4.68 Å². The number of hydrogen-bond donors (Lipinski definition) is 3. The number of nitrogens with two attached hydrogens (primary N) is 1. The second-order valence-electron chi connectivity index (χ2n) is 9.20. The van der Waals surface area contributed by atoms with Crippen molar-refractivity contribution in [3.63, 3.8) is 0 Å². The van der Waals surface area contributed by atoms with E-state index in [0.29, 0.717) is 36.5 Å². The Labute approximate surface area is 206 Å². The number of aliphatic hydroxyl groups is 1. The van der Waals surface area contributed by atoms with Crippen LogP contribution in [0.4, 0.5) is 15.9 Å². The molecule has 2 aromatic carbocycles. The van der Waals surface area contributed by atoms with Crippen molar-refractivity contribution in [3.05, 3.63) is 78.6 Å². The standard InChI is InChI=1S/C26H26FN7O2/c27-18-3-1-2-16(10-18)14-34-22-7-4-19(11-17(22)13-30-34)32-26-25-24(8-9-33(25)31-15-29-26)36-20-5-6-21(28)23(35)12-20/h1-4,7-11,13,15,20-21,23,35H,5-6,12,14,28H2,(H,29,31,32)/t20-,21-,23-/m1/s1. The molecule has 3 atom stereocenters. The third kappa shape index (κ3) is 4.36. The molecule has 6 rings (SSSR count). The fourth-order valence-electron chi connectivity index (χ4n) is 4.77. The van der Waals surface area contributed by atoms with Crippen molar-refractivity contribution in [2.45, 2.75) is 44.1 Å². The number of anilines is 2. The van der Waals surface area contributed by atoms with Crippen LogP contribution in [0.3, 0.4) is 0 Å². The summed E-state index contributed by atoms with van der Waals surface area (Å²) >= 11 is 0. The molecule has 0 amide bonds. The molecule has 3 heterocycles. The minimum atomic E-state index is -0.569. The summed E-state index contributed by atoms with van der Waals surface area (Å²) in [6, 6.07) is 14.1. The van der Waals surface area contributed by atoms with E-state index in [1.165, 1.54) is 18.5 Å². The molecular weight excluding hydrogens is 461 g/mol. The number of halogens is 1. The molecule has 3 aromatic heterocycles. The van der Waals surface area contributed by atoms with E-state index in [0.717, 1.165) is 28.6 Å². The number of nitrogens with one attached hydrogen (secondary N) is 1. The largest absolute Gasteiger partial charge is 0.488 e. The van der Waals surface area contributed by atoms with Crippen molar-refractivity contribution >= 4 is 27.9 Å². The molecule has 5 aromatic rings. The summed E-state index contributed by atoms with van der Waals surface area (Å²) in [7, 11) is 0. The van der Waals surface area contributed by atoms with Gasteiger partial charge in [0.1, 0.15) is 23.8 Å². The zero-order valence-electron chi connectivity index (χ0n) is 19.5. The topological polar surface area (TPSA) is 116 Å². The number of hydrogen-bond acceptors (Lipinski definition) is 7. The van der Waals surface area contributed by atoms with Gasteiger partial charge in [-0.25, -0.2) is 13.9 Å². The Morgan fingerprint density at radius 3 is 2.92 bits per heavy atom. The van der Waals surface area contributed by atoms with Crippen LogP contribution < -0.4 is 15.8 Å². The number of benzene rings is 2. The number of aliphatic hydroxyl groups excluding tert-OH is 1. The van der Waals surface area contributed by atoms with Gasteiger partial charge in [0, 0.05) is 35.8 Å². The molecule has 0 radical (unpaired) electrons. The molecule has 1 aliphatic rings. The first kappa shape index (κ1) is 22.4. The maximum Gasteiger partial charge on any atom is 0.162 e. The van der Waals surface area contributed by atoms with Crippen LogP contribution in [0, 0.1) is 5.82 Å². The minimum absolute atomic E-state index is 0.126. The molecule has 1 aliphatic carbocycles. The van der Waals surface area contributed by atoms with Gasteiger partial charge in [0.2, 0.25) is 0 Å². The molecule has 10 heteroatoms. The Morgan fingerprint density at radius 2 is 2.06 bits per heavy atom. The average Bonchev–Trinajstić information content (AvgIpc) is 3.46. The van der Waals surface area contributed by atoms with Gasteiger partial charge in [-0.2, -0.15) is 10.2 Å². The lowest BCUT2D eigenvalue weighted by molar-refractivity contribution is 0.0399. The van der Waals surface area contributed by atoms with Gasteiger partial charge < -0.3 is 20.9 Å². The van der Waals surface area contributed by atoms with Crippen LogP contribution in [-0.2, 0) is 6.54 Å². The summed E-state index contributed by atoms with van der Waals surface area (Å²) in [5.41, 5.74) is 9.27. The molecule has 1 fully saturated rings. The van der Waals surface area contributed by atoms with E-state index in [9.17, 15) is 9.50 Å². The van der Waals surface area contributed by atoms with Crippen LogP contribution in [0.15, 0.2) is 67.3 Å². The fourth-order valence-corrected chi connectivity index (χ4v) is 4.77. The zero-order chi connectivity index (χ0) is 24.6. The number of rotatable bonds is 6. The van der Waals surface area contributed by atoms with Gasteiger partial charge in [0.25, 0.3) is 0 Å². The van der Waals surface area contributed by atoms with E-state index in [4.69, 9.17) is 10.5 Å². The van der Waals surface area contributed by atoms with E-state index in [1.807, 2.05) is 41.2 Å². The van der Waals surface area contributed by atoms with Crippen molar-refractivity contribution in [2.75, 3.05) is 5.32 Å². The number of nitrogens with zero attached hydrogens (tertiary/aromatic N) is 5. The van der Waals surface area contributed by atoms with Crippen molar-refractivity contribution in [1.82, 2.24) is 24.4 Å². The second-order valence-corrected chi connectivity index (χ2v) is 9.20. The number of aromatic nitrogens is 5. The van der Waals surface area contributed by atoms with Gasteiger partial charge in [0.15, 0.2) is 11.6 Å². The van der Waals surface area contributed by atoms with Gasteiger partial charge >= 0.3 is 0 Å². The lowest BCUT2D eigenvalue weighted by Crippen LogP contribution is -2.43. The van der Waals surface area contributed by atoms with Crippen molar-refractivity contribution in [3.8, 4) is 5.75 Å². The summed E-state index contributed by atoms with van der Waals surface area (Å²) in [5, 5.41) is 23.3. The van der Waals surface area contributed by atoms with E-state index in [-0.39, 0.29) is 18.0 Å². The first-order chi connectivity index (χ1) is 17.5. The van der Waals surface area contributed by atoms with Crippen molar-refractivity contribution in [1.29, 1.82) is 0 Å². The second kappa shape index (κ2) is 9.21. The van der Waals surface area contributed by atoms with Gasteiger partial charge in [-0.05, 0) is 48.7 Å². The van der Waals surface area contributed by atoms with Crippen LogP contribution in [0.25, 0.3) is 16.4 Å². The highest BCUT2D eigenvalue weighted by atomic mass is 19.1. The van der Waals surface area contributed by atoms with E-state index >= 15 is 0 Å². The number of fused-ring (bicyclic) bond motifs is 2. The smallest absolute Gasteiger partial charge is 0.162 e. The predicted octanol–water partition coefficient (Wildman–Crippen LogP) is 3.63. The van der Waals surface area contributed by atoms with Gasteiger partial charge in [-0.15, -0.1) is 0 Å². The SMILES string of the molecule is N[C@@H]1CC[C@@H](Oc2ccn3ncnc(Nc4ccc5c(cnn5Cc5cccc(F)c5)c4)c23)C[C@H]1O. The van der Waals surface area contributed by atoms with E-state index in [1.54, 1.807) is 16.8 Å². The molecule has 0 bridgehead atoms. The molecule has 0 saturated heterocycles. The molecule has 0 aliphatic heterocycles. The third-order valence-corrected chi connectivity index (χ3v) is 6.66. The van der Waals surface area contributed by atoms with Gasteiger partial charge in [0.05, 0.1) is 24.4 Å². The first-order valence-electron chi connectivity index (χ1n) is 11.9. The molecule has 9 nitrogen and oxygen atoms in total. The highest BCUT2D eigenvalue weighted by Crippen LogP contribution is 2.32. The summed E-state index contributed by atoms with van der Waals surface area (Å²) in [4.78, 5) is 4.46. The van der Waals surface area contributed by atoms with E-state index in [2.05, 4.69) is 20.5 Å². The Bertz CT molecular complexity index is 1530. The molecular formula is C26H26FN7O2. The van der Waals surface area contributed by atoms with Crippen LogP contribution >= 0.6 is 0 Å². The average molecular weight is 488 g/mol. The van der Waals surface area contributed by atoms with Crippen LogP contribution in [-0.4, -0.2) is 47.7 Å². The fraction of sp³-hybridized carbons (Fsp3) is 0.269. The highest BCUT2D eigenvalue weighted by Gasteiger charge is 2.28. The lowest BCUT2D eigenvalue weighted by Gasteiger charge is -2.30. The monoisotopic (exact) mass is 487 g/mol. The lowest BCUT2D eigenvalue weighted by atomic mass is 9.91. The molecule has 4 N–H and O–H groups in total. The Balaban J connectivity index is 1.25. The summed E-state index contributed by atoms with van der Waals surface area (Å²) in [6.07, 6.45) is 6.39. The first-order valence-corrected chi connectivity index (χ1v) is 11.9. The highest BCUT2D eigenvalue weighted by molar-refractivity contribution is 5.86. The van der Waals surface area contributed by atoms with Gasteiger partial charge in [-0.1, -0.05) is 12.1 Å². The summed E-state index contributed by atoms with van der Waals surface area (Å²) < 4.78 is 23.4. The minimum Gasteiger partial charge on any atom is -0.488 e. The van der Waals surface area contributed by atoms with E-state index < -0.39 is 6.10 Å². The van der Waals surface area contributed by atoms with Crippen molar-refractivity contribution < 1.29 is 14.2 Å².